The molecule has 4 rings (SSSR count). The number of alkyl halides is 3. The van der Waals surface area contributed by atoms with E-state index in [2.05, 4.69) is 4.98 Å². The van der Waals surface area contributed by atoms with Crippen LogP contribution in [0.15, 0.2) is 70.5 Å². The van der Waals surface area contributed by atoms with Crippen molar-refractivity contribution in [2.45, 2.75) is 32.9 Å². The Bertz CT molecular complexity index is 1350. The van der Waals surface area contributed by atoms with Gasteiger partial charge in [-0.05, 0) is 73.7 Å². The highest BCUT2D eigenvalue weighted by molar-refractivity contribution is 7.13. The zero-order chi connectivity index (χ0) is 27.3. The summed E-state index contributed by atoms with van der Waals surface area (Å²) in [4.78, 5) is 17.5. The van der Waals surface area contributed by atoms with Gasteiger partial charge in [-0.3, -0.25) is 4.79 Å². The van der Waals surface area contributed by atoms with E-state index < -0.39 is 23.1 Å². The van der Waals surface area contributed by atoms with Crippen molar-refractivity contribution in [3.05, 3.63) is 88.6 Å². The highest BCUT2D eigenvalue weighted by Gasteiger charge is 2.35. The first-order chi connectivity index (χ1) is 18.0. The second-order valence-corrected chi connectivity index (χ2v) is 10.0. The minimum atomic E-state index is -4.45. The van der Waals surface area contributed by atoms with Crippen molar-refractivity contribution >= 4 is 17.3 Å². The fourth-order valence-corrected chi connectivity index (χ4v) is 4.41. The Morgan fingerprint density at radius 2 is 1.68 bits per heavy atom. The van der Waals surface area contributed by atoms with Gasteiger partial charge in [-0.1, -0.05) is 18.2 Å². The number of aromatic nitrogens is 1. The summed E-state index contributed by atoms with van der Waals surface area (Å²) in [5.41, 5.74) is -0.510. The zero-order valence-electron chi connectivity index (χ0n) is 20.7. The van der Waals surface area contributed by atoms with E-state index in [-0.39, 0.29) is 18.8 Å². The minimum Gasteiger partial charge on any atom is -0.493 e. The van der Waals surface area contributed by atoms with Crippen molar-refractivity contribution in [1.82, 2.24) is 4.98 Å². The Balaban J connectivity index is 1.31. The number of rotatable bonds is 11. The second-order valence-electron chi connectivity index (χ2n) is 9.10. The molecule has 0 amide bonds. The summed E-state index contributed by atoms with van der Waals surface area (Å²) < 4.78 is 55.4. The number of carbonyl (C=O) groups is 1. The number of hydrogen-bond donors (Lipinski definition) is 1. The van der Waals surface area contributed by atoms with Crippen LogP contribution in [0.1, 0.15) is 29.5 Å². The van der Waals surface area contributed by atoms with Gasteiger partial charge in [0.05, 0.1) is 22.7 Å². The lowest BCUT2D eigenvalue weighted by Gasteiger charge is -2.25. The molecule has 2 aromatic carbocycles. The fraction of sp³-hybridized carbons (Fsp3) is 0.286. The maximum absolute atomic E-state index is 12.7. The molecule has 1 atom stereocenters. The third-order valence-corrected chi connectivity index (χ3v) is 6.86. The molecule has 38 heavy (non-hydrogen) atoms. The van der Waals surface area contributed by atoms with Crippen LogP contribution in [0.25, 0.3) is 10.8 Å². The number of ether oxygens (including phenoxy) is 2. The predicted molar refractivity (Wildman–Crippen MR) is 137 cm³/mol. The van der Waals surface area contributed by atoms with Crippen molar-refractivity contribution in [2.24, 2.45) is 5.41 Å². The van der Waals surface area contributed by atoms with Crippen molar-refractivity contribution < 1.29 is 37.0 Å². The molecule has 0 aliphatic heterocycles. The normalized spacial score (nSPS) is 13.2. The van der Waals surface area contributed by atoms with Gasteiger partial charge in [-0.25, -0.2) is 4.98 Å². The number of thiophene rings is 1. The molecular weight excluding hydrogens is 519 g/mol. The van der Waals surface area contributed by atoms with Crippen LogP contribution in [0.3, 0.4) is 0 Å². The summed E-state index contributed by atoms with van der Waals surface area (Å²) in [6.45, 7) is 3.59. The number of nitrogens with zero attached hydrogens (tertiary/aromatic N) is 1. The largest absolute Gasteiger partial charge is 0.493 e. The predicted octanol–water partition coefficient (Wildman–Crippen LogP) is 7.06. The number of halogens is 3. The monoisotopic (exact) mass is 545 g/mol. The van der Waals surface area contributed by atoms with Crippen molar-refractivity contribution in [1.29, 1.82) is 0 Å². The van der Waals surface area contributed by atoms with Gasteiger partial charge >= 0.3 is 12.1 Å². The number of oxazole rings is 1. The number of carboxylic acids is 1. The highest BCUT2D eigenvalue weighted by atomic mass is 32.1. The Morgan fingerprint density at radius 3 is 2.29 bits per heavy atom. The van der Waals surface area contributed by atoms with E-state index in [1.165, 1.54) is 19.1 Å². The third-order valence-electron chi connectivity index (χ3n) is 6.01. The van der Waals surface area contributed by atoms with E-state index in [4.69, 9.17) is 13.9 Å². The van der Waals surface area contributed by atoms with Crippen LogP contribution in [-0.2, 0) is 23.8 Å². The molecule has 0 saturated heterocycles. The number of carboxylic acid groups (broad SMARTS) is 1. The number of aliphatic carboxylic acids is 1. The van der Waals surface area contributed by atoms with Crippen molar-refractivity contribution in [2.75, 3.05) is 13.2 Å². The average molecular weight is 546 g/mol. The molecule has 1 N–H and O–H groups in total. The molecule has 0 radical (unpaired) electrons. The second kappa shape index (κ2) is 11.3. The van der Waals surface area contributed by atoms with E-state index in [1.807, 2.05) is 24.4 Å². The smallest absolute Gasteiger partial charge is 0.416 e. The lowest BCUT2D eigenvalue weighted by atomic mass is 9.84. The summed E-state index contributed by atoms with van der Waals surface area (Å²) in [6, 6.07) is 15.2. The van der Waals surface area contributed by atoms with Crippen molar-refractivity contribution in [3.63, 3.8) is 0 Å². The van der Waals surface area contributed by atoms with Crippen LogP contribution in [0.4, 0.5) is 13.2 Å². The highest BCUT2D eigenvalue weighted by Crippen LogP contribution is 2.31. The van der Waals surface area contributed by atoms with Gasteiger partial charge < -0.3 is 19.0 Å². The first-order valence-electron chi connectivity index (χ1n) is 11.8. The van der Waals surface area contributed by atoms with Gasteiger partial charge in [0.15, 0.2) is 0 Å². The van der Waals surface area contributed by atoms with E-state index in [0.717, 1.165) is 34.0 Å². The molecule has 6 nitrogen and oxygen atoms in total. The standard InChI is InChI=1S/C28H26F3NO5S/c1-18-23(32-25(37-18)24-4-3-15-38-24)13-14-35-21-9-5-19(6-10-21)16-27(2,26(33)34)17-36-22-11-7-20(8-12-22)28(29,30)31/h3-12,15H,13-14,16-17H2,1-2H3,(H,33,34)/t27-/m1/s1. The molecule has 0 aliphatic rings. The SMILES string of the molecule is Cc1oc(-c2cccs2)nc1CCOc1ccc(C[C@](C)(COc2ccc(C(F)(F)F)cc2)C(=O)O)cc1. The van der Waals surface area contributed by atoms with Gasteiger partial charge in [0, 0.05) is 6.42 Å². The maximum atomic E-state index is 12.7. The molecule has 0 fully saturated rings. The maximum Gasteiger partial charge on any atom is 0.416 e. The lowest BCUT2D eigenvalue weighted by Crippen LogP contribution is -2.36. The van der Waals surface area contributed by atoms with E-state index >= 15 is 0 Å². The quantitative estimate of drug-likeness (QED) is 0.217. The molecule has 0 aliphatic carbocycles. The molecule has 2 heterocycles. The topological polar surface area (TPSA) is 81.8 Å². The number of hydrogen-bond acceptors (Lipinski definition) is 6. The summed E-state index contributed by atoms with van der Waals surface area (Å²) in [5, 5.41) is 11.8. The van der Waals surface area contributed by atoms with Crippen LogP contribution >= 0.6 is 11.3 Å². The molecule has 200 valence electrons. The molecule has 0 unspecified atom stereocenters. The molecule has 4 aromatic rings. The lowest BCUT2D eigenvalue weighted by molar-refractivity contribution is -0.149. The molecule has 0 spiro atoms. The minimum absolute atomic E-state index is 0.160. The number of benzene rings is 2. The van der Waals surface area contributed by atoms with Gasteiger partial charge in [0.25, 0.3) is 0 Å². The number of aryl methyl sites for hydroxylation is 1. The van der Waals surface area contributed by atoms with Crippen LogP contribution in [0.5, 0.6) is 11.5 Å². The Morgan fingerprint density at radius 1 is 1.03 bits per heavy atom. The van der Waals surface area contributed by atoms with E-state index in [9.17, 15) is 23.1 Å². The van der Waals surface area contributed by atoms with Gasteiger partial charge in [0.1, 0.15) is 29.3 Å². The van der Waals surface area contributed by atoms with Crippen LogP contribution in [0, 0.1) is 12.3 Å². The summed E-state index contributed by atoms with van der Waals surface area (Å²) in [6.07, 6.45) is -3.72. The van der Waals surface area contributed by atoms with E-state index in [1.54, 1.807) is 35.6 Å². The van der Waals surface area contributed by atoms with Gasteiger partial charge in [-0.15, -0.1) is 11.3 Å². The molecule has 2 aromatic heterocycles. The summed E-state index contributed by atoms with van der Waals surface area (Å²) in [5.74, 6) is 1.07. The van der Waals surface area contributed by atoms with Gasteiger partial charge in [0.2, 0.25) is 5.89 Å². The Kier molecular flexibility index (Phi) is 8.11. The third kappa shape index (κ3) is 6.74. The average Bonchev–Trinajstić information content (AvgIpc) is 3.54. The molecular formula is C28H26F3NO5S. The van der Waals surface area contributed by atoms with Crippen LogP contribution in [0.2, 0.25) is 0 Å². The fourth-order valence-electron chi connectivity index (χ4n) is 3.76. The molecule has 10 heteroatoms. The Labute approximate surface area is 221 Å². The van der Waals surface area contributed by atoms with E-state index in [0.29, 0.717) is 24.7 Å². The van der Waals surface area contributed by atoms with Crippen molar-refractivity contribution in [3.8, 4) is 22.3 Å². The molecule has 0 bridgehead atoms. The van der Waals surface area contributed by atoms with Gasteiger partial charge in [-0.2, -0.15) is 13.2 Å². The van der Waals surface area contributed by atoms with Crippen LogP contribution in [-0.4, -0.2) is 29.3 Å². The Hall–Kier alpha value is -3.79. The summed E-state index contributed by atoms with van der Waals surface area (Å²) >= 11 is 1.56. The first kappa shape index (κ1) is 27.3. The molecule has 0 saturated carbocycles. The van der Waals surface area contributed by atoms with Crippen LogP contribution < -0.4 is 9.47 Å². The zero-order valence-corrected chi connectivity index (χ0v) is 21.6. The summed E-state index contributed by atoms with van der Waals surface area (Å²) in [7, 11) is 0. The first-order valence-corrected chi connectivity index (χ1v) is 12.7.